The summed E-state index contributed by atoms with van der Waals surface area (Å²) in [5.41, 5.74) is 0.0844. The van der Waals surface area contributed by atoms with Crippen LogP contribution in [0.2, 0.25) is 25.7 Å². The van der Waals surface area contributed by atoms with Crippen molar-refractivity contribution in [2.45, 2.75) is 32.4 Å². The molecule has 1 aromatic rings. The molecule has 0 aliphatic heterocycles. The van der Waals surface area contributed by atoms with Crippen molar-refractivity contribution in [1.82, 2.24) is 9.55 Å². The second kappa shape index (κ2) is 8.31. The summed E-state index contributed by atoms with van der Waals surface area (Å²) in [6, 6.07) is 2.82. The number of aromatic carboxylic acids is 1. The Kier molecular flexibility index (Phi) is 8.30. The Morgan fingerprint density at radius 3 is 2.68 bits per heavy atom. The Morgan fingerprint density at radius 2 is 2.21 bits per heavy atom. The van der Waals surface area contributed by atoms with Crippen LogP contribution in [0, 0.1) is 11.3 Å². The maximum atomic E-state index is 10.9. The fourth-order valence-corrected chi connectivity index (χ4v) is 2.04. The van der Waals surface area contributed by atoms with Crippen molar-refractivity contribution in [2.24, 2.45) is 0 Å². The third kappa shape index (κ3) is 6.80. The van der Waals surface area contributed by atoms with E-state index in [-0.39, 0.29) is 69.6 Å². The Hall–Kier alpha value is -0.0168. The van der Waals surface area contributed by atoms with Gasteiger partial charge in [-0.15, -0.1) is 0 Å². The standard InChI is InChI=1S/C11H17N3O3Si.K.H/c1-18(2,3)5-4-17-8-14-7-9(6-12)13-10(14)11(15)16;;/h7H,4-5,8H2,1-3H3,(H,15,16);;. The molecular formula is C11H18KN3O3Si. The van der Waals surface area contributed by atoms with Crippen molar-refractivity contribution in [3.05, 3.63) is 17.7 Å². The molecule has 0 aromatic carbocycles. The first-order valence-electron chi connectivity index (χ1n) is 5.62. The zero-order valence-corrected chi connectivity index (χ0v) is 11.8. The Balaban J connectivity index is 0.00000324. The molecule has 0 radical (unpaired) electrons. The molecule has 0 fully saturated rings. The van der Waals surface area contributed by atoms with Gasteiger partial charge in [-0.2, -0.15) is 5.26 Å². The number of aromatic nitrogens is 2. The fraction of sp³-hybridized carbons (Fsp3) is 0.545. The van der Waals surface area contributed by atoms with Crippen LogP contribution in [-0.2, 0) is 11.5 Å². The van der Waals surface area contributed by atoms with Crippen LogP contribution < -0.4 is 0 Å². The monoisotopic (exact) mass is 307 g/mol. The van der Waals surface area contributed by atoms with Gasteiger partial charge < -0.3 is 14.4 Å². The van der Waals surface area contributed by atoms with Crippen molar-refractivity contribution in [1.29, 1.82) is 5.26 Å². The molecule has 0 aliphatic rings. The van der Waals surface area contributed by atoms with Gasteiger partial charge in [0.25, 0.3) is 0 Å². The van der Waals surface area contributed by atoms with Crippen molar-refractivity contribution in [3.63, 3.8) is 0 Å². The molecule has 1 N–H and O–H groups in total. The molecule has 1 heterocycles. The van der Waals surface area contributed by atoms with E-state index in [1.807, 2.05) is 6.07 Å². The van der Waals surface area contributed by atoms with E-state index in [9.17, 15) is 4.79 Å². The zero-order chi connectivity index (χ0) is 13.8. The van der Waals surface area contributed by atoms with Gasteiger partial charge >= 0.3 is 57.4 Å². The van der Waals surface area contributed by atoms with Gasteiger partial charge in [0.05, 0.1) is 0 Å². The van der Waals surface area contributed by atoms with E-state index >= 15 is 0 Å². The molecule has 0 amide bonds. The van der Waals surface area contributed by atoms with E-state index < -0.39 is 14.0 Å². The van der Waals surface area contributed by atoms with Gasteiger partial charge in [-0.25, -0.2) is 9.78 Å². The molecule has 19 heavy (non-hydrogen) atoms. The van der Waals surface area contributed by atoms with E-state index in [2.05, 4.69) is 24.6 Å². The first-order chi connectivity index (χ1) is 8.33. The summed E-state index contributed by atoms with van der Waals surface area (Å²) in [7, 11) is -1.15. The van der Waals surface area contributed by atoms with Gasteiger partial charge in [-0.1, -0.05) is 19.6 Å². The fourth-order valence-electron chi connectivity index (χ4n) is 1.28. The summed E-state index contributed by atoms with van der Waals surface area (Å²) in [5, 5.41) is 17.6. The van der Waals surface area contributed by atoms with Crippen LogP contribution in [0.4, 0.5) is 0 Å². The third-order valence-corrected chi connectivity index (χ3v) is 4.01. The van der Waals surface area contributed by atoms with E-state index in [0.29, 0.717) is 6.61 Å². The molecule has 100 valence electrons. The van der Waals surface area contributed by atoms with Crippen LogP contribution in [0.3, 0.4) is 0 Å². The van der Waals surface area contributed by atoms with Crippen LogP contribution in [0.1, 0.15) is 16.3 Å². The first-order valence-corrected chi connectivity index (χ1v) is 9.32. The molecular weight excluding hydrogens is 289 g/mol. The predicted molar refractivity (Wildman–Crippen MR) is 75.2 cm³/mol. The summed E-state index contributed by atoms with van der Waals surface area (Å²) in [6.07, 6.45) is 1.39. The molecule has 0 spiro atoms. The third-order valence-electron chi connectivity index (χ3n) is 2.31. The molecule has 0 saturated heterocycles. The minimum atomic E-state index is -1.16. The van der Waals surface area contributed by atoms with Crippen LogP contribution in [0.5, 0.6) is 0 Å². The van der Waals surface area contributed by atoms with Crippen molar-refractivity contribution < 1.29 is 14.6 Å². The Labute approximate surface area is 156 Å². The van der Waals surface area contributed by atoms with Crippen molar-refractivity contribution in [2.75, 3.05) is 6.61 Å². The summed E-state index contributed by atoms with van der Waals surface area (Å²) >= 11 is 0. The first kappa shape index (κ1) is 19.0. The summed E-state index contributed by atoms with van der Waals surface area (Å²) in [5.74, 6) is -1.33. The average Bonchev–Trinajstić information content (AvgIpc) is 2.66. The molecule has 1 rings (SSSR count). The number of imidazole rings is 1. The molecule has 0 saturated carbocycles. The molecule has 0 atom stereocenters. The quantitative estimate of drug-likeness (QED) is 0.628. The van der Waals surface area contributed by atoms with Crippen molar-refractivity contribution >= 4 is 65.4 Å². The summed E-state index contributed by atoms with van der Waals surface area (Å²) in [6.45, 7) is 7.42. The molecule has 1 aromatic heterocycles. The van der Waals surface area contributed by atoms with Gasteiger partial charge in [0, 0.05) is 20.9 Å². The van der Waals surface area contributed by atoms with Crippen LogP contribution in [-0.4, -0.2) is 86.7 Å². The molecule has 6 nitrogen and oxygen atoms in total. The molecule has 0 aliphatic carbocycles. The summed E-state index contributed by atoms with van der Waals surface area (Å²) < 4.78 is 6.77. The van der Waals surface area contributed by atoms with Crippen LogP contribution in [0.25, 0.3) is 0 Å². The molecule has 8 heteroatoms. The second-order valence-corrected chi connectivity index (χ2v) is 10.8. The summed E-state index contributed by atoms with van der Waals surface area (Å²) in [4.78, 5) is 14.6. The molecule has 0 bridgehead atoms. The number of carboxylic acids is 1. The predicted octanol–water partition coefficient (Wildman–Crippen LogP) is 1.12. The number of rotatable bonds is 6. The number of carboxylic acid groups (broad SMARTS) is 1. The van der Waals surface area contributed by atoms with E-state index in [4.69, 9.17) is 15.1 Å². The van der Waals surface area contributed by atoms with Crippen molar-refractivity contribution in [3.8, 4) is 6.07 Å². The average molecular weight is 307 g/mol. The number of carbonyl (C=O) groups is 1. The van der Waals surface area contributed by atoms with Gasteiger partial charge in [-0.3, -0.25) is 0 Å². The zero-order valence-electron chi connectivity index (χ0n) is 10.8. The van der Waals surface area contributed by atoms with Gasteiger partial charge in [0.15, 0.2) is 5.69 Å². The number of hydrogen-bond acceptors (Lipinski definition) is 4. The van der Waals surface area contributed by atoms with Crippen LogP contribution >= 0.6 is 0 Å². The number of nitrogens with zero attached hydrogens (tertiary/aromatic N) is 3. The number of nitriles is 1. The number of hydrogen-bond donors (Lipinski definition) is 1. The number of ether oxygens (including phenoxy) is 1. The SMILES string of the molecule is C[Si](C)(C)CCOCn1cc(C#N)nc1C(=O)O.[KH]. The molecule has 0 unspecified atom stereocenters. The van der Waals surface area contributed by atoms with Gasteiger partial charge in [0.2, 0.25) is 5.82 Å². The Bertz CT molecular complexity index is 477. The normalized spacial score (nSPS) is 10.6. The van der Waals surface area contributed by atoms with E-state index in [0.717, 1.165) is 6.04 Å². The van der Waals surface area contributed by atoms with Gasteiger partial charge in [-0.05, 0) is 6.04 Å². The topological polar surface area (TPSA) is 88.1 Å². The Morgan fingerprint density at radius 1 is 1.58 bits per heavy atom. The second-order valence-electron chi connectivity index (χ2n) is 5.18. The van der Waals surface area contributed by atoms with Gasteiger partial charge in [0.1, 0.15) is 12.8 Å². The van der Waals surface area contributed by atoms with E-state index in [1.165, 1.54) is 10.8 Å². The minimum absolute atomic E-state index is 0. The van der Waals surface area contributed by atoms with E-state index in [1.54, 1.807) is 0 Å². The maximum absolute atomic E-state index is 10.9. The van der Waals surface area contributed by atoms with Crippen LogP contribution in [0.15, 0.2) is 6.20 Å².